The van der Waals surface area contributed by atoms with Gasteiger partial charge in [-0.2, -0.15) is 0 Å². The maximum atomic E-state index is 6.08. The van der Waals surface area contributed by atoms with Crippen LogP contribution in [0.25, 0.3) is 0 Å². The van der Waals surface area contributed by atoms with E-state index in [0.717, 1.165) is 25.1 Å². The average molecular weight is 413 g/mol. The standard InChI is InChI=1S/C17H23N3O.HI/c18-17(20-15-10-16-14(15)5-2-8-21-16)19-13-7-6-11-3-1-4-12(11)9-13;/h6-7,9,14-16H,1-5,8,10H2,(H3,18,19,20);1H. The minimum atomic E-state index is 0. The van der Waals surface area contributed by atoms with Crippen LogP contribution in [-0.4, -0.2) is 24.7 Å². The number of nitrogens with two attached hydrogens (primary N) is 1. The first-order valence-electron chi connectivity index (χ1n) is 8.13. The highest BCUT2D eigenvalue weighted by Gasteiger charge is 2.43. The number of hydrogen-bond acceptors (Lipinski definition) is 2. The third-order valence-corrected chi connectivity index (χ3v) is 5.14. The number of guanidine groups is 1. The van der Waals surface area contributed by atoms with Crippen molar-refractivity contribution in [3.8, 4) is 0 Å². The van der Waals surface area contributed by atoms with E-state index in [1.165, 1.54) is 36.8 Å². The van der Waals surface area contributed by atoms with Crippen molar-refractivity contribution in [3.63, 3.8) is 0 Å². The Bertz CT molecular complexity index is 575. The molecule has 120 valence electrons. The summed E-state index contributed by atoms with van der Waals surface area (Å²) >= 11 is 0. The van der Waals surface area contributed by atoms with E-state index >= 15 is 0 Å². The topological polar surface area (TPSA) is 59.6 Å². The third kappa shape index (κ3) is 3.11. The summed E-state index contributed by atoms with van der Waals surface area (Å²) in [7, 11) is 0. The van der Waals surface area contributed by atoms with Gasteiger partial charge in [0, 0.05) is 18.2 Å². The minimum absolute atomic E-state index is 0. The number of rotatable bonds is 2. The highest BCUT2D eigenvalue weighted by atomic mass is 127. The Labute approximate surface area is 148 Å². The van der Waals surface area contributed by atoms with Gasteiger partial charge in [-0.15, -0.1) is 24.0 Å². The number of aliphatic imine (C=N–C) groups is 1. The summed E-state index contributed by atoms with van der Waals surface area (Å²) in [5.74, 6) is 1.13. The molecule has 2 fully saturated rings. The molecule has 3 atom stereocenters. The summed E-state index contributed by atoms with van der Waals surface area (Å²) in [5.41, 5.74) is 10.1. The Kier molecular flexibility index (Phi) is 4.92. The molecule has 3 unspecified atom stereocenters. The zero-order valence-electron chi connectivity index (χ0n) is 12.8. The molecule has 1 heterocycles. The second-order valence-corrected chi connectivity index (χ2v) is 6.49. The van der Waals surface area contributed by atoms with Crippen LogP contribution >= 0.6 is 24.0 Å². The van der Waals surface area contributed by atoms with E-state index in [-0.39, 0.29) is 24.0 Å². The second-order valence-electron chi connectivity index (χ2n) is 6.49. The van der Waals surface area contributed by atoms with Crippen molar-refractivity contribution in [1.82, 2.24) is 0 Å². The van der Waals surface area contributed by atoms with Crippen molar-refractivity contribution in [2.45, 2.75) is 50.7 Å². The van der Waals surface area contributed by atoms with Crippen molar-refractivity contribution in [3.05, 3.63) is 29.3 Å². The Hall–Kier alpha value is -0.820. The predicted octanol–water partition coefficient (Wildman–Crippen LogP) is 3.09. The molecule has 4 nitrogen and oxygen atoms in total. The molecular weight excluding hydrogens is 389 g/mol. The summed E-state index contributed by atoms with van der Waals surface area (Å²) < 4.78 is 5.73. The molecule has 1 saturated carbocycles. The molecule has 5 heteroatoms. The molecule has 4 rings (SSSR count). The molecule has 22 heavy (non-hydrogen) atoms. The first-order chi connectivity index (χ1) is 10.3. The van der Waals surface area contributed by atoms with E-state index in [0.29, 0.717) is 24.0 Å². The van der Waals surface area contributed by atoms with Gasteiger partial charge in [-0.25, -0.2) is 4.99 Å². The van der Waals surface area contributed by atoms with Crippen LogP contribution in [0.4, 0.5) is 5.69 Å². The number of anilines is 1. The van der Waals surface area contributed by atoms with E-state index in [1.807, 2.05) is 0 Å². The van der Waals surface area contributed by atoms with Gasteiger partial charge in [0.05, 0.1) is 12.1 Å². The van der Waals surface area contributed by atoms with Crippen LogP contribution in [0.2, 0.25) is 0 Å². The summed E-state index contributed by atoms with van der Waals surface area (Å²) in [6.45, 7) is 0.917. The van der Waals surface area contributed by atoms with E-state index in [1.54, 1.807) is 0 Å². The minimum Gasteiger partial charge on any atom is -0.378 e. The smallest absolute Gasteiger partial charge is 0.193 e. The SMILES string of the molecule is I.NC(=NC1CC2OCCCC12)Nc1ccc2c(c1)CCC2. The Morgan fingerprint density at radius 2 is 2.09 bits per heavy atom. The van der Waals surface area contributed by atoms with E-state index < -0.39 is 0 Å². The van der Waals surface area contributed by atoms with Crippen molar-refractivity contribution in [2.75, 3.05) is 11.9 Å². The normalized spacial score (nSPS) is 29.8. The second kappa shape index (κ2) is 6.74. The van der Waals surface area contributed by atoms with Gasteiger partial charge < -0.3 is 15.8 Å². The molecule has 0 spiro atoms. The summed E-state index contributed by atoms with van der Waals surface area (Å²) in [6, 6.07) is 6.89. The van der Waals surface area contributed by atoms with Crippen LogP contribution in [0, 0.1) is 5.92 Å². The van der Waals surface area contributed by atoms with Crippen LogP contribution in [0.5, 0.6) is 0 Å². The van der Waals surface area contributed by atoms with Gasteiger partial charge in [0.25, 0.3) is 0 Å². The number of ether oxygens (including phenoxy) is 1. The van der Waals surface area contributed by atoms with Gasteiger partial charge in [0.2, 0.25) is 0 Å². The van der Waals surface area contributed by atoms with Gasteiger partial charge in [-0.3, -0.25) is 0 Å². The van der Waals surface area contributed by atoms with Crippen LogP contribution in [0.15, 0.2) is 23.2 Å². The highest BCUT2D eigenvalue weighted by molar-refractivity contribution is 14.0. The number of benzene rings is 1. The number of hydrogen-bond donors (Lipinski definition) is 2. The molecular formula is C17H24IN3O. The Morgan fingerprint density at radius 1 is 1.23 bits per heavy atom. The first kappa shape index (κ1) is 16.1. The van der Waals surface area contributed by atoms with Gasteiger partial charge >= 0.3 is 0 Å². The summed E-state index contributed by atoms with van der Waals surface area (Å²) in [5, 5.41) is 3.25. The largest absolute Gasteiger partial charge is 0.378 e. The summed E-state index contributed by atoms with van der Waals surface area (Å²) in [4.78, 5) is 4.66. The first-order valence-corrected chi connectivity index (χ1v) is 8.13. The van der Waals surface area contributed by atoms with Gasteiger partial charge in [-0.1, -0.05) is 6.07 Å². The molecule has 2 aliphatic carbocycles. The van der Waals surface area contributed by atoms with Crippen molar-refractivity contribution in [2.24, 2.45) is 16.6 Å². The van der Waals surface area contributed by atoms with Gasteiger partial charge in [0.15, 0.2) is 5.96 Å². The van der Waals surface area contributed by atoms with Crippen molar-refractivity contribution < 1.29 is 4.74 Å². The molecule has 1 aliphatic heterocycles. The maximum absolute atomic E-state index is 6.08. The maximum Gasteiger partial charge on any atom is 0.193 e. The van der Waals surface area contributed by atoms with Crippen LogP contribution < -0.4 is 11.1 Å². The molecule has 3 N–H and O–H groups in total. The molecule has 1 aromatic carbocycles. The molecule has 1 aromatic rings. The zero-order valence-corrected chi connectivity index (χ0v) is 15.1. The zero-order chi connectivity index (χ0) is 14.2. The van der Waals surface area contributed by atoms with E-state index in [4.69, 9.17) is 10.5 Å². The number of aryl methyl sites for hydroxylation is 2. The number of halogens is 1. The molecule has 0 amide bonds. The van der Waals surface area contributed by atoms with Crippen molar-refractivity contribution in [1.29, 1.82) is 0 Å². The average Bonchev–Trinajstić information content (AvgIpc) is 2.92. The lowest BCUT2D eigenvalue weighted by Gasteiger charge is -2.45. The highest BCUT2D eigenvalue weighted by Crippen LogP contribution is 2.39. The van der Waals surface area contributed by atoms with Crippen LogP contribution in [-0.2, 0) is 17.6 Å². The van der Waals surface area contributed by atoms with Crippen LogP contribution in [0.3, 0.4) is 0 Å². The number of fused-ring (bicyclic) bond motifs is 2. The fraction of sp³-hybridized carbons (Fsp3) is 0.588. The lowest BCUT2D eigenvalue weighted by Crippen LogP contribution is -2.49. The van der Waals surface area contributed by atoms with Crippen LogP contribution in [0.1, 0.15) is 36.8 Å². The molecule has 1 saturated heterocycles. The number of nitrogens with one attached hydrogen (secondary N) is 1. The third-order valence-electron chi connectivity index (χ3n) is 5.14. The lowest BCUT2D eigenvalue weighted by molar-refractivity contribution is -0.0937. The summed E-state index contributed by atoms with van der Waals surface area (Å²) in [6.07, 6.45) is 7.51. The lowest BCUT2D eigenvalue weighted by atomic mass is 9.73. The molecule has 3 aliphatic rings. The molecule has 0 aromatic heterocycles. The Balaban J connectivity index is 0.00000144. The number of nitrogens with zero attached hydrogens (tertiary/aromatic N) is 1. The monoisotopic (exact) mass is 413 g/mol. The quantitative estimate of drug-likeness (QED) is 0.445. The fourth-order valence-corrected chi connectivity index (χ4v) is 3.92. The Morgan fingerprint density at radius 3 is 2.95 bits per heavy atom. The fourth-order valence-electron chi connectivity index (χ4n) is 3.92. The van der Waals surface area contributed by atoms with Gasteiger partial charge in [-0.05, 0) is 61.8 Å². The van der Waals surface area contributed by atoms with E-state index in [2.05, 4.69) is 28.5 Å². The van der Waals surface area contributed by atoms with Gasteiger partial charge in [0.1, 0.15) is 0 Å². The molecule has 0 radical (unpaired) electrons. The van der Waals surface area contributed by atoms with Crippen molar-refractivity contribution >= 4 is 35.6 Å². The van der Waals surface area contributed by atoms with E-state index in [9.17, 15) is 0 Å². The molecule has 0 bridgehead atoms. The predicted molar refractivity (Wildman–Crippen MR) is 100.0 cm³/mol.